The molecule has 6 nitrogen and oxygen atoms in total. The molecule has 1 aromatic rings. The van der Waals surface area contributed by atoms with Crippen LogP contribution >= 0.6 is 11.6 Å². The fourth-order valence-electron chi connectivity index (χ4n) is 2.35. The Labute approximate surface area is 131 Å². The first-order valence-corrected chi connectivity index (χ1v) is 8.16. The van der Waals surface area contributed by atoms with Crippen molar-refractivity contribution in [3.05, 3.63) is 5.28 Å². The highest BCUT2D eigenvalue weighted by molar-refractivity contribution is 6.28. The van der Waals surface area contributed by atoms with Crippen molar-refractivity contribution in [2.24, 2.45) is 0 Å². The van der Waals surface area contributed by atoms with Crippen LogP contribution in [0.15, 0.2) is 0 Å². The Balaban J connectivity index is 1.80. The predicted octanol–water partition coefficient (Wildman–Crippen LogP) is 2.60. The Bertz CT molecular complexity index is 424. The molecular weight excluding hydrogens is 290 g/mol. The highest BCUT2D eigenvalue weighted by Gasteiger charge is 2.09. The fourth-order valence-corrected chi connectivity index (χ4v) is 2.51. The molecule has 0 spiro atoms. The third-order valence-corrected chi connectivity index (χ3v) is 3.60. The van der Waals surface area contributed by atoms with Gasteiger partial charge >= 0.3 is 6.01 Å². The Morgan fingerprint density at radius 3 is 2.62 bits per heavy atom. The second-order valence-electron chi connectivity index (χ2n) is 5.24. The van der Waals surface area contributed by atoms with Gasteiger partial charge in [0.25, 0.3) is 0 Å². The zero-order chi connectivity index (χ0) is 14.9. The van der Waals surface area contributed by atoms with E-state index >= 15 is 0 Å². The maximum atomic E-state index is 5.89. The standard InChI is InChI=1S/C14H24ClN5O/c1-2-11-21-14-18-12(15)17-13(19-14)16-7-10-20-8-5-3-4-6-9-20/h2-11H2,1H3,(H,16,17,18,19). The normalized spacial score (nSPS) is 16.5. The molecule has 0 radical (unpaired) electrons. The van der Waals surface area contributed by atoms with E-state index in [1.807, 2.05) is 6.92 Å². The van der Waals surface area contributed by atoms with Crippen LogP contribution in [0.1, 0.15) is 39.0 Å². The molecular formula is C14H24ClN5O. The number of ether oxygens (including phenoxy) is 1. The lowest BCUT2D eigenvalue weighted by Crippen LogP contribution is -2.30. The summed E-state index contributed by atoms with van der Waals surface area (Å²) in [6, 6.07) is 0.286. The molecule has 1 aromatic heterocycles. The third-order valence-electron chi connectivity index (χ3n) is 3.43. The Kier molecular flexibility index (Phi) is 6.95. The first-order valence-electron chi connectivity index (χ1n) is 7.78. The average Bonchev–Trinajstić information content (AvgIpc) is 2.73. The molecule has 2 rings (SSSR count). The lowest BCUT2D eigenvalue weighted by molar-refractivity contribution is 0.290. The van der Waals surface area contributed by atoms with Gasteiger partial charge < -0.3 is 15.0 Å². The molecule has 1 aliphatic rings. The average molecular weight is 314 g/mol. The summed E-state index contributed by atoms with van der Waals surface area (Å²) in [7, 11) is 0. The van der Waals surface area contributed by atoms with E-state index in [2.05, 4.69) is 25.2 Å². The van der Waals surface area contributed by atoms with Gasteiger partial charge in [0.15, 0.2) is 0 Å². The minimum atomic E-state index is 0.161. The van der Waals surface area contributed by atoms with Gasteiger partial charge in [-0.25, -0.2) is 0 Å². The number of nitrogens with one attached hydrogen (secondary N) is 1. The highest BCUT2D eigenvalue weighted by atomic mass is 35.5. The summed E-state index contributed by atoms with van der Waals surface area (Å²) in [5.41, 5.74) is 0. The zero-order valence-corrected chi connectivity index (χ0v) is 13.4. The third kappa shape index (κ3) is 6.01. The number of anilines is 1. The van der Waals surface area contributed by atoms with E-state index in [4.69, 9.17) is 16.3 Å². The SMILES string of the molecule is CCCOc1nc(Cl)nc(NCCN2CCCCCC2)n1. The van der Waals surface area contributed by atoms with Crippen molar-refractivity contribution in [3.63, 3.8) is 0 Å². The van der Waals surface area contributed by atoms with E-state index in [1.54, 1.807) is 0 Å². The molecule has 0 atom stereocenters. The Hall–Kier alpha value is -1.14. The number of rotatable bonds is 7. The smallest absolute Gasteiger partial charge is 0.322 e. The molecule has 0 amide bonds. The second-order valence-corrected chi connectivity index (χ2v) is 5.58. The van der Waals surface area contributed by atoms with E-state index in [-0.39, 0.29) is 11.3 Å². The summed E-state index contributed by atoms with van der Waals surface area (Å²) in [5, 5.41) is 3.36. The van der Waals surface area contributed by atoms with Gasteiger partial charge in [-0.1, -0.05) is 19.8 Å². The van der Waals surface area contributed by atoms with Crippen LogP contribution in [0.25, 0.3) is 0 Å². The lowest BCUT2D eigenvalue weighted by Gasteiger charge is -2.19. The molecule has 0 saturated carbocycles. The van der Waals surface area contributed by atoms with Crippen LogP contribution < -0.4 is 10.1 Å². The molecule has 118 valence electrons. The largest absolute Gasteiger partial charge is 0.463 e. The summed E-state index contributed by atoms with van der Waals surface area (Å²) in [4.78, 5) is 14.7. The molecule has 0 aromatic carbocycles. The number of nitrogens with zero attached hydrogens (tertiary/aromatic N) is 4. The van der Waals surface area contributed by atoms with Crippen molar-refractivity contribution in [2.45, 2.75) is 39.0 Å². The number of aromatic nitrogens is 3. The van der Waals surface area contributed by atoms with Crippen molar-refractivity contribution < 1.29 is 4.74 Å². The topological polar surface area (TPSA) is 63.2 Å². The van der Waals surface area contributed by atoms with Gasteiger partial charge in [-0.3, -0.25) is 0 Å². The molecule has 1 saturated heterocycles. The molecule has 2 heterocycles. The zero-order valence-electron chi connectivity index (χ0n) is 12.6. The van der Waals surface area contributed by atoms with Gasteiger partial charge in [0.05, 0.1) is 6.61 Å². The van der Waals surface area contributed by atoms with Crippen LogP contribution in [0.5, 0.6) is 6.01 Å². The molecule has 1 N–H and O–H groups in total. The number of halogens is 1. The molecule has 1 aliphatic heterocycles. The van der Waals surface area contributed by atoms with Crippen molar-refractivity contribution in [1.82, 2.24) is 19.9 Å². The van der Waals surface area contributed by atoms with Crippen molar-refractivity contribution in [3.8, 4) is 6.01 Å². The van der Waals surface area contributed by atoms with E-state index < -0.39 is 0 Å². The van der Waals surface area contributed by atoms with Crippen LogP contribution in [-0.2, 0) is 0 Å². The quantitative estimate of drug-likeness (QED) is 0.835. The maximum absolute atomic E-state index is 5.89. The summed E-state index contributed by atoms with van der Waals surface area (Å²) in [6.45, 7) is 6.77. The first-order chi connectivity index (χ1) is 10.3. The van der Waals surface area contributed by atoms with Gasteiger partial charge in [-0.15, -0.1) is 0 Å². The molecule has 0 bridgehead atoms. The van der Waals surface area contributed by atoms with Gasteiger partial charge in [0.1, 0.15) is 0 Å². The Morgan fingerprint density at radius 2 is 1.90 bits per heavy atom. The van der Waals surface area contributed by atoms with Crippen LogP contribution in [0.2, 0.25) is 5.28 Å². The monoisotopic (exact) mass is 313 g/mol. The highest BCUT2D eigenvalue weighted by Crippen LogP contribution is 2.12. The van der Waals surface area contributed by atoms with Crippen LogP contribution in [-0.4, -0.2) is 52.6 Å². The minimum absolute atomic E-state index is 0.161. The fraction of sp³-hybridized carbons (Fsp3) is 0.786. The van der Waals surface area contributed by atoms with Crippen molar-refractivity contribution >= 4 is 17.5 Å². The van der Waals surface area contributed by atoms with E-state index in [9.17, 15) is 0 Å². The van der Waals surface area contributed by atoms with Gasteiger partial charge in [-0.05, 0) is 44.0 Å². The van der Waals surface area contributed by atoms with E-state index in [0.717, 1.165) is 19.5 Å². The summed E-state index contributed by atoms with van der Waals surface area (Å²) >= 11 is 5.89. The van der Waals surface area contributed by atoms with Gasteiger partial charge in [0, 0.05) is 13.1 Å². The van der Waals surface area contributed by atoms with Crippen LogP contribution in [0, 0.1) is 0 Å². The minimum Gasteiger partial charge on any atom is -0.463 e. The summed E-state index contributed by atoms with van der Waals surface area (Å²) in [6.07, 6.45) is 6.20. The van der Waals surface area contributed by atoms with Gasteiger partial charge in [0.2, 0.25) is 11.2 Å². The summed E-state index contributed by atoms with van der Waals surface area (Å²) < 4.78 is 5.39. The van der Waals surface area contributed by atoms with Gasteiger partial charge in [-0.2, -0.15) is 15.0 Å². The lowest BCUT2D eigenvalue weighted by atomic mass is 10.2. The predicted molar refractivity (Wildman–Crippen MR) is 84.0 cm³/mol. The molecule has 7 heteroatoms. The Morgan fingerprint density at radius 1 is 1.14 bits per heavy atom. The first kappa shape index (κ1) is 16.2. The number of likely N-dealkylation sites (tertiary alicyclic amines) is 1. The second kappa shape index (κ2) is 9.00. The van der Waals surface area contributed by atoms with E-state index in [1.165, 1.54) is 38.8 Å². The number of hydrogen-bond donors (Lipinski definition) is 1. The molecule has 21 heavy (non-hydrogen) atoms. The van der Waals surface area contributed by atoms with Crippen molar-refractivity contribution in [1.29, 1.82) is 0 Å². The summed E-state index contributed by atoms with van der Waals surface area (Å²) in [5.74, 6) is 0.482. The molecule has 0 aliphatic carbocycles. The van der Waals surface area contributed by atoms with Crippen LogP contribution in [0.3, 0.4) is 0 Å². The van der Waals surface area contributed by atoms with E-state index in [0.29, 0.717) is 12.6 Å². The van der Waals surface area contributed by atoms with Crippen LogP contribution in [0.4, 0.5) is 5.95 Å². The maximum Gasteiger partial charge on any atom is 0.322 e. The number of hydrogen-bond acceptors (Lipinski definition) is 6. The molecule has 0 unspecified atom stereocenters. The molecule has 1 fully saturated rings. The van der Waals surface area contributed by atoms with Crippen molar-refractivity contribution in [2.75, 3.05) is 38.1 Å².